The average molecular weight is 172 g/mol. The fourth-order valence-electron chi connectivity index (χ4n) is 1.37. The highest BCUT2D eigenvalue weighted by Gasteiger charge is 2.22. The van der Waals surface area contributed by atoms with Crippen LogP contribution in [0.15, 0.2) is 0 Å². The Bertz CT molecular complexity index is 156. The summed E-state index contributed by atoms with van der Waals surface area (Å²) in [6, 6.07) is 1.08. The Labute approximate surface area is 73.7 Å². The number of nitrogens with one attached hydrogen (secondary N) is 2. The lowest BCUT2D eigenvalue weighted by Gasteiger charge is -2.33. The van der Waals surface area contributed by atoms with E-state index >= 15 is 0 Å². The first-order valence-electron chi connectivity index (χ1n) is 4.16. The summed E-state index contributed by atoms with van der Waals surface area (Å²) in [5.41, 5.74) is 0. The molecule has 3 heteroatoms. The Morgan fingerprint density at radius 3 is 2.55 bits per heavy atom. The van der Waals surface area contributed by atoms with Crippen LogP contribution in [0.25, 0.3) is 0 Å². The van der Waals surface area contributed by atoms with Crippen molar-refractivity contribution in [2.75, 3.05) is 0 Å². The topological polar surface area (TPSA) is 24.1 Å². The van der Waals surface area contributed by atoms with Gasteiger partial charge in [0, 0.05) is 12.1 Å². The van der Waals surface area contributed by atoms with Crippen LogP contribution in [0.1, 0.15) is 27.2 Å². The molecule has 0 aromatic heterocycles. The quantitative estimate of drug-likeness (QED) is 0.582. The van der Waals surface area contributed by atoms with Gasteiger partial charge in [0.1, 0.15) is 0 Å². The summed E-state index contributed by atoms with van der Waals surface area (Å²) in [7, 11) is 0. The van der Waals surface area contributed by atoms with E-state index in [-0.39, 0.29) is 0 Å². The van der Waals surface area contributed by atoms with E-state index in [0.717, 1.165) is 11.5 Å². The van der Waals surface area contributed by atoms with Gasteiger partial charge in [0.05, 0.1) is 0 Å². The molecule has 0 aromatic carbocycles. The summed E-state index contributed by atoms with van der Waals surface area (Å²) in [5, 5.41) is 7.26. The Balaban J connectivity index is 2.49. The fourth-order valence-corrected chi connectivity index (χ4v) is 1.72. The fraction of sp³-hybridized carbons (Fsp3) is 0.875. The van der Waals surface area contributed by atoms with Crippen LogP contribution < -0.4 is 10.6 Å². The molecule has 0 radical (unpaired) electrons. The van der Waals surface area contributed by atoms with Gasteiger partial charge in [-0.15, -0.1) is 0 Å². The summed E-state index contributed by atoms with van der Waals surface area (Å²) < 4.78 is 0. The maximum Gasteiger partial charge on any atom is 0.166 e. The largest absolute Gasteiger partial charge is 0.360 e. The van der Waals surface area contributed by atoms with Gasteiger partial charge in [0.2, 0.25) is 0 Å². The van der Waals surface area contributed by atoms with Crippen molar-refractivity contribution in [1.82, 2.24) is 10.6 Å². The predicted octanol–water partition coefficient (Wildman–Crippen LogP) is 1.27. The lowest BCUT2D eigenvalue weighted by atomic mass is 9.96. The average Bonchev–Trinajstić information content (AvgIpc) is 1.85. The Morgan fingerprint density at radius 1 is 1.45 bits per heavy atom. The molecule has 11 heavy (non-hydrogen) atoms. The zero-order valence-electron chi connectivity index (χ0n) is 7.35. The van der Waals surface area contributed by atoms with Crippen molar-refractivity contribution in [1.29, 1.82) is 0 Å². The molecule has 0 aliphatic carbocycles. The van der Waals surface area contributed by atoms with Crippen LogP contribution in [0.3, 0.4) is 0 Å². The molecule has 0 amide bonds. The lowest BCUT2D eigenvalue weighted by Crippen LogP contribution is -2.54. The van der Waals surface area contributed by atoms with Crippen LogP contribution in [0, 0.1) is 5.92 Å². The molecular formula is C8H16N2S. The molecule has 2 atom stereocenters. The van der Waals surface area contributed by atoms with Gasteiger partial charge in [0.15, 0.2) is 5.11 Å². The molecule has 2 unspecified atom stereocenters. The normalized spacial score (nSPS) is 31.5. The number of rotatable bonds is 1. The minimum atomic E-state index is 0.524. The van der Waals surface area contributed by atoms with Crippen molar-refractivity contribution >= 4 is 17.3 Å². The molecule has 0 spiro atoms. The van der Waals surface area contributed by atoms with E-state index in [9.17, 15) is 0 Å². The SMILES string of the molecule is CC1CC(C(C)C)NC(=S)N1. The molecule has 2 N–H and O–H groups in total. The highest BCUT2D eigenvalue weighted by Crippen LogP contribution is 2.11. The van der Waals surface area contributed by atoms with E-state index in [1.807, 2.05) is 0 Å². The first-order chi connectivity index (χ1) is 5.09. The molecule has 0 saturated carbocycles. The highest BCUT2D eigenvalue weighted by atomic mass is 32.1. The van der Waals surface area contributed by atoms with Crippen molar-refractivity contribution in [2.24, 2.45) is 5.92 Å². The minimum Gasteiger partial charge on any atom is -0.360 e. The molecule has 64 valence electrons. The smallest absolute Gasteiger partial charge is 0.166 e. The van der Waals surface area contributed by atoms with Crippen LogP contribution in [-0.4, -0.2) is 17.2 Å². The molecule has 1 heterocycles. The molecule has 1 fully saturated rings. The minimum absolute atomic E-state index is 0.524. The van der Waals surface area contributed by atoms with E-state index in [2.05, 4.69) is 31.4 Å². The zero-order chi connectivity index (χ0) is 8.43. The van der Waals surface area contributed by atoms with Gasteiger partial charge < -0.3 is 10.6 Å². The van der Waals surface area contributed by atoms with Crippen LogP contribution in [0.5, 0.6) is 0 Å². The van der Waals surface area contributed by atoms with Gasteiger partial charge in [0.25, 0.3) is 0 Å². The van der Waals surface area contributed by atoms with Crippen LogP contribution in [0.4, 0.5) is 0 Å². The number of hydrogen-bond donors (Lipinski definition) is 2. The standard InChI is InChI=1S/C8H16N2S/c1-5(2)7-4-6(3)9-8(11)10-7/h5-7H,4H2,1-3H3,(H2,9,10,11). The van der Waals surface area contributed by atoms with E-state index in [4.69, 9.17) is 12.2 Å². The summed E-state index contributed by atoms with van der Waals surface area (Å²) >= 11 is 5.06. The first kappa shape index (κ1) is 8.78. The molecule has 1 aliphatic heterocycles. The zero-order valence-corrected chi connectivity index (χ0v) is 8.16. The van der Waals surface area contributed by atoms with Crippen molar-refractivity contribution < 1.29 is 0 Å². The molecular weight excluding hydrogens is 156 g/mol. The lowest BCUT2D eigenvalue weighted by molar-refractivity contribution is 0.362. The number of thiocarbonyl (C=S) groups is 1. The monoisotopic (exact) mass is 172 g/mol. The maximum atomic E-state index is 5.06. The maximum absolute atomic E-state index is 5.06. The van der Waals surface area contributed by atoms with E-state index in [1.54, 1.807) is 0 Å². The van der Waals surface area contributed by atoms with Gasteiger partial charge in [-0.05, 0) is 31.5 Å². The van der Waals surface area contributed by atoms with Crippen molar-refractivity contribution in [3.8, 4) is 0 Å². The van der Waals surface area contributed by atoms with Gasteiger partial charge in [-0.1, -0.05) is 13.8 Å². The first-order valence-corrected chi connectivity index (χ1v) is 4.57. The second kappa shape index (κ2) is 3.39. The molecule has 1 rings (SSSR count). The molecule has 1 aliphatic rings. The summed E-state index contributed by atoms with van der Waals surface area (Å²) in [6.45, 7) is 6.61. The van der Waals surface area contributed by atoms with Gasteiger partial charge >= 0.3 is 0 Å². The van der Waals surface area contributed by atoms with Gasteiger partial charge in [-0.2, -0.15) is 0 Å². The second-order valence-electron chi connectivity index (χ2n) is 3.61. The second-order valence-corrected chi connectivity index (χ2v) is 4.01. The summed E-state index contributed by atoms with van der Waals surface area (Å²) in [6.07, 6.45) is 1.16. The third kappa shape index (κ3) is 2.33. The third-order valence-corrected chi connectivity index (χ3v) is 2.34. The molecule has 2 nitrogen and oxygen atoms in total. The van der Waals surface area contributed by atoms with Crippen LogP contribution in [0.2, 0.25) is 0 Å². The molecule has 0 bridgehead atoms. The summed E-state index contributed by atoms with van der Waals surface area (Å²) in [4.78, 5) is 0. The van der Waals surface area contributed by atoms with Crippen LogP contribution in [-0.2, 0) is 0 Å². The van der Waals surface area contributed by atoms with Gasteiger partial charge in [-0.25, -0.2) is 0 Å². The van der Waals surface area contributed by atoms with Crippen LogP contribution >= 0.6 is 12.2 Å². The third-order valence-electron chi connectivity index (χ3n) is 2.11. The molecule has 1 saturated heterocycles. The van der Waals surface area contributed by atoms with Crippen molar-refractivity contribution in [2.45, 2.75) is 39.3 Å². The Kier molecular flexibility index (Phi) is 2.71. The van der Waals surface area contributed by atoms with Crippen molar-refractivity contribution in [3.05, 3.63) is 0 Å². The van der Waals surface area contributed by atoms with E-state index in [1.165, 1.54) is 0 Å². The van der Waals surface area contributed by atoms with Crippen molar-refractivity contribution in [3.63, 3.8) is 0 Å². The van der Waals surface area contributed by atoms with Gasteiger partial charge in [-0.3, -0.25) is 0 Å². The predicted molar refractivity (Wildman–Crippen MR) is 51.6 cm³/mol. The number of hydrogen-bond acceptors (Lipinski definition) is 1. The summed E-state index contributed by atoms with van der Waals surface area (Å²) in [5.74, 6) is 0.664. The Morgan fingerprint density at radius 2 is 2.09 bits per heavy atom. The van der Waals surface area contributed by atoms with E-state index < -0.39 is 0 Å². The Hall–Kier alpha value is -0.310. The van der Waals surface area contributed by atoms with E-state index in [0.29, 0.717) is 18.0 Å². The highest BCUT2D eigenvalue weighted by molar-refractivity contribution is 7.80. The molecule has 0 aromatic rings.